The van der Waals surface area contributed by atoms with Crippen molar-refractivity contribution < 1.29 is 14.7 Å². The summed E-state index contributed by atoms with van der Waals surface area (Å²) in [7, 11) is 0. The molecule has 1 aromatic rings. The summed E-state index contributed by atoms with van der Waals surface area (Å²) in [6, 6.07) is 8.72. The number of allylic oxidation sites excluding steroid dienone is 2. The number of aliphatic carboxylic acids is 1. The number of hydrogen-bond acceptors (Lipinski definition) is 3. The van der Waals surface area contributed by atoms with Crippen LogP contribution in [0.15, 0.2) is 36.4 Å². The number of hydrogen-bond donors (Lipinski definition) is 2. The third-order valence-corrected chi connectivity index (χ3v) is 4.35. The molecule has 106 valence electrons. The normalized spacial score (nSPS) is 29.1. The van der Waals surface area contributed by atoms with Crippen molar-refractivity contribution in [2.45, 2.75) is 6.42 Å². The second-order valence-electron chi connectivity index (χ2n) is 5.48. The summed E-state index contributed by atoms with van der Waals surface area (Å²) in [5, 5.41) is 21.1. The van der Waals surface area contributed by atoms with Gasteiger partial charge in [-0.15, -0.1) is 0 Å². The van der Waals surface area contributed by atoms with Crippen LogP contribution < -0.4 is 5.32 Å². The Balaban J connectivity index is 1.84. The van der Waals surface area contributed by atoms with Gasteiger partial charge in [0.05, 0.1) is 23.1 Å². The molecular weight excluding hydrogens is 268 g/mol. The number of para-hydroxylation sites is 1. The number of anilines is 1. The molecule has 1 amide bonds. The highest BCUT2D eigenvalue weighted by Crippen LogP contribution is 2.48. The molecule has 0 aromatic heterocycles. The maximum Gasteiger partial charge on any atom is 0.307 e. The molecule has 2 bridgehead atoms. The van der Waals surface area contributed by atoms with E-state index < -0.39 is 17.8 Å². The third-order valence-electron chi connectivity index (χ3n) is 4.35. The van der Waals surface area contributed by atoms with Crippen LogP contribution in [0.3, 0.4) is 0 Å². The van der Waals surface area contributed by atoms with Crippen molar-refractivity contribution in [1.29, 1.82) is 5.26 Å². The van der Waals surface area contributed by atoms with Gasteiger partial charge in [-0.1, -0.05) is 24.3 Å². The highest BCUT2D eigenvalue weighted by molar-refractivity contribution is 5.97. The van der Waals surface area contributed by atoms with E-state index in [0.717, 1.165) is 6.42 Å². The molecule has 2 N–H and O–H groups in total. The minimum Gasteiger partial charge on any atom is -0.481 e. The number of nitrogens with zero attached hydrogens (tertiary/aromatic N) is 1. The Morgan fingerprint density at radius 3 is 2.52 bits per heavy atom. The first kappa shape index (κ1) is 13.4. The largest absolute Gasteiger partial charge is 0.481 e. The van der Waals surface area contributed by atoms with Crippen LogP contribution >= 0.6 is 0 Å². The zero-order chi connectivity index (χ0) is 15.0. The topological polar surface area (TPSA) is 90.2 Å². The fourth-order valence-electron chi connectivity index (χ4n) is 3.42. The predicted octanol–water partition coefficient (Wildman–Crippen LogP) is 2.02. The highest BCUT2D eigenvalue weighted by Gasteiger charge is 2.51. The maximum atomic E-state index is 12.5. The average Bonchev–Trinajstić information content (AvgIpc) is 3.08. The number of nitrogens with one attached hydrogen (secondary N) is 1. The van der Waals surface area contributed by atoms with E-state index in [9.17, 15) is 14.7 Å². The summed E-state index contributed by atoms with van der Waals surface area (Å²) in [5.41, 5.74) is 0.803. The molecule has 0 heterocycles. The van der Waals surface area contributed by atoms with Crippen LogP contribution in [-0.2, 0) is 9.59 Å². The van der Waals surface area contributed by atoms with Gasteiger partial charge in [0.15, 0.2) is 0 Å². The lowest BCUT2D eigenvalue weighted by Gasteiger charge is -2.24. The summed E-state index contributed by atoms with van der Waals surface area (Å²) in [5.74, 6) is -2.57. The second kappa shape index (κ2) is 5.06. The van der Waals surface area contributed by atoms with Crippen LogP contribution in [0.5, 0.6) is 0 Å². The molecule has 0 spiro atoms. The van der Waals surface area contributed by atoms with Crippen molar-refractivity contribution in [3.63, 3.8) is 0 Å². The predicted molar refractivity (Wildman–Crippen MR) is 75.1 cm³/mol. The first-order valence-electron chi connectivity index (χ1n) is 6.83. The van der Waals surface area contributed by atoms with Crippen LogP contribution in [0.25, 0.3) is 0 Å². The first-order chi connectivity index (χ1) is 10.1. The van der Waals surface area contributed by atoms with Crippen LogP contribution in [0.2, 0.25) is 0 Å². The van der Waals surface area contributed by atoms with E-state index in [1.165, 1.54) is 0 Å². The molecule has 21 heavy (non-hydrogen) atoms. The van der Waals surface area contributed by atoms with Crippen molar-refractivity contribution in [3.05, 3.63) is 42.0 Å². The lowest BCUT2D eigenvalue weighted by molar-refractivity contribution is -0.146. The maximum absolute atomic E-state index is 12.5. The smallest absolute Gasteiger partial charge is 0.307 e. The van der Waals surface area contributed by atoms with Crippen molar-refractivity contribution in [1.82, 2.24) is 0 Å². The number of carbonyl (C=O) groups is 2. The molecule has 0 saturated heterocycles. The SMILES string of the molecule is N#Cc1ccccc1NC(=O)C1C2C=CC(C2)C1C(=O)O. The number of fused-ring (bicyclic) bond motifs is 2. The fourth-order valence-corrected chi connectivity index (χ4v) is 3.42. The van der Waals surface area contributed by atoms with E-state index in [4.69, 9.17) is 5.26 Å². The molecule has 2 aliphatic carbocycles. The molecule has 2 aliphatic rings. The van der Waals surface area contributed by atoms with Crippen LogP contribution in [0, 0.1) is 35.0 Å². The van der Waals surface area contributed by atoms with Crippen LogP contribution in [0.4, 0.5) is 5.69 Å². The first-order valence-corrected chi connectivity index (χ1v) is 6.83. The third kappa shape index (κ3) is 2.19. The summed E-state index contributed by atoms with van der Waals surface area (Å²) in [6.45, 7) is 0. The Bertz CT molecular complexity index is 674. The Morgan fingerprint density at radius 1 is 1.19 bits per heavy atom. The lowest BCUT2D eigenvalue weighted by Crippen LogP contribution is -2.36. The highest BCUT2D eigenvalue weighted by atomic mass is 16.4. The number of amides is 1. The number of carboxylic acid groups (broad SMARTS) is 1. The molecular formula is C16H14N2O3. The molecule has 1 aromatic carbocycles. The Kier molecular flexibility index (Phi) is 3.22. The van der Waals surface area contributed by atoms with Crippen molar-refractivity contribution in [3.8, 4) is 6.07 Å². The number of nitriles is 1. The van der Waals surface area contributed by atoms with Gasteiger partial charge in [0, 0.05) is 0 Å². The van der Waals surface area contributed by atoms with Gasteiger partial charge in [-0.3, -0.25) is 9.59 Å². The van der Waals surface area contributed by atoms with E-state index in [1.807, 2.05) is 18.2 Å². The van der Waals surface area contributed by atoms with Crippen molar-refractivity contribution >= 4 is 17.6 Å². The van der Waals surface area contributed by atoms with Crippen molar-refractivity contribution in [2.24, 2.45) is 23.7 Å². The average molecular weight is 282 g/mol. The van der Waals surface area contributed by atoms with Gasteiger partial charge in [-0.25, -0.2) is 0 Å². The van der Waals surface area contributed by atoms with E-state index >= 15 is 0 Å². The summed E-state index contributed by atoms with van der Waals surface area (Å²) < 4.78 is 0. The molecule has 0 radical (unpaired) electrons. The summed E-state index contributed by atoms with van der Waals surface area (Å²) >= 11 is 0. The molecule has 3 rings (SSSR count). The minimum atomic E-state index is -0.930. The monoisotopic (exact) mass is 282 g/mol. The van der Waals surface area contributed by atoms with Gasteiger partial charge in [0.1, 0.15) is 6.07 Å². The molecule has 5 nitrogen and oxygen atoms in total. The van der Waals surface area contributed by atoms with Crippen molar-refractivity contribution in [2.75, 3.05) is 5.32 Å². The fraction of sp³-hybridized carbons (Fsp3) is 0.312. The van der Waals surface area contributed by atoms with E-state index in [2.05, 4.69) is 5.32 Å². The Morgan fingerprint density at radius 2 is 1.86 bits per heavy atom. The number of rotatable bonds is 3. The minimum absolute atomic E-state index is 0.0228. The van der Waals surface area contributed by atoms with Crippen LogP contribution in [0.1, 0.15) is 12.0 Å². The number of benzene rings is 1. The lowest BCUT2D eigenvalue weighted by atomic mass is 9.82. The van der Waals surface area contributed by atoms with E-state index in [-0.39, 0.29) is 17.7 Å². The standard InChI is InChI=1S/C16H14N2O3/c17-8-11-3-1-2-4-12(11)18-15(19)13-9-5-6-10(7-9)14(13)16(20)21/h1-6,9-10,13-14H,7H2,(H,18,19)(H,20,21). The van der Waals surface area contributed by atoms with E-state index in [0.29, 0.717) is 11.3 Å². The van der Waals surface area contributed by atoms with Gasteiger partial charge >= 0.3 is 5.97 Å². The summed E-state index contributed by atoms with van der Waals surface area (Å²) in [6.07, 6.45) is 4.55. The molecule has 4 atom stereocenters. The van der Waals surface area contributed by atoms with Gasteiger partial charge < -0.3 is 10.4 Å². The van der Waals surface area contributed by atoms with Crippen LogP contribution in [-0.4, -0.2) is 17.0 Å². The van der Waals surface area contributed by atoms with Gasteiger partial charge in [-0.05, 0) is 30.4 Å². The van der Waals surface area contributed by atoms with E-state index in [1.54, 1.807) is 24.3 Å². The molecule has 5 heteroatoms. The van der Waals surface area contributed by atoms with Gasteiger partial charge in [0.2, 0.25) is 5.91 Å². The molecule has 4 unspecified atom stereocenters. The molecule has 1 saturated carbocycles. The number of carboxylic acids is 1. The summed E-state index contributed by atoms with van der Waals surface area (Å²) in [4.78, 5) is 23.9. The van der Waals surface area contributed by atoms with Gasteiger partial charge in [-0.2, -0.15) is 5.26 Å². The second-order valence-corrected chi connectivity index (χ2v) is 5.48. The zero-order valence-electron chi connectivity index (χ0n) is 11.2. The Labute approximate surface area is 121 Å². The number of carbonyl (C=O) groups excluding carboxylic acids is 1. The molecule has 0 aliphatic heterocycles. The molecule has 1 fully saturated rings. The van der Waals surface area contributed by atoms with Gasteiger partial charge in [0.25, 0.3) is 0 Å². The quantitative estimate of drug-likeness (QED) is 0.830. The zero-order valence-corrected chi connectivity index (χ0v) is 11.2. The Hall–Kier alpha value is -2.61.